The Morgan fingerprint density at radius 1 is 1.25 bits per heavy atom. The lowest BCUT2D eigenvalue weighted by Crippen LogP contribution is -1.96. The SMILES string of the molecule is COc1ccc(N)c(OC)n1.Cl. The fourth-order valence-electron chi connectivity index (χ4n) is 0.711. The van der Waals surface area contributed by atoms with Gasteiger partial charge >= 0.3 is 0 Å². The number of nitrogens with zero attached hydrogens (tertiary/aromatic N) is 1. The normalized spacial score (nSPS) is 8.50. The molecule has 1 rings (SSSR count). The topological polar surface area (TPSA) is 57.4 Å². The molecule has 0 aliphatic carbocycles. The highest BCUT2D eigenvalue weighted by Crippen LogP contribution is 2.20. The molecule has 0 aliphatic rings. The van der Waals surface area contributed by atoms with Gasteiger partial charge in [-0.2, -0.15) is 4.98 Å². The number of hydrogen-bond acceptors (Lipinski definition) is 4. The van der Waals surface area contributed by atoms with Crippen molar-refractivity contribution in [2.24, 2.45) is 0 Å². The van der Waals surface area contributed by atoms with Crippen LogP contribution in [0.5, 0.6) is 11.8 Å². The molecule has 0 fully saturated rings. The minimum absolute atomic E-state index is 0. The van der Waals surface area contributed by atoms with Crippen LogP contribution in [0, 0.1) is 0 Å². The second kappa shape index (κ2) is 4.66. The van der Waals surface area contributed by atoms with E-state index in [0.717, 1.165) is 0 Å². The molecule has 0 saturated carbocycles. The first-order valence-electron chi connectivity index (χ1n) is 3.12. The first-order valence-corrected chi connectivity index (χ1v) is 3.12. The standard InChI is InChI=1S/C7H10N2O2.ClH/c1-10-6-4-3-5(8)7(9-6)11-2;/h3-4H,8H2,1-2H3;1H. The lowest BCUT2D eigenvalue weighted by molar-refractivity contribution is 0.366. The highest BCUT2D eigenvalue weighted by Gasteiger charge is 2.01. The molecule has 0 amide bonds. The van der Waals surface area contributed by atoms with Gasteiger partial charge in [-0.25, -0.2) is 0 Å². The summed E-state index contributed by atoms with van der Waals surface area (Å²) in [5.41, 5.74) is 6.02. The molecule has 68 valence electrons. The molecule has 0 spiro atoms. The minimum atomic E-state index is 0. The van der Waals surface area contributed by atoms with E-state index in [1.54, 1.807) is 12.1 Å². The number of hydrogen-bond donors (Lipinski definition) is 1. The molecule has 0 aliphatic heterocycles. The van der Waals surface area contributed by atoms with Gasteiger partial charge in [0.15, 0.2) is 0 Å². The Morgan fingerprint density at radius 3 is 2.42 bits per heavy atom. The number of halogens is 1. The third-order valence-corrected chi connectivity index (χ3v) is 1.27. The zero-order valence-corrected chi connectivity index (χ0v) is 7.72. The second-order valence-corrected chi connectivity index (χ2v) is 1.95. The summed E-state index contributed by atoms with van der Waals surface area (Å²) < 4.78 is 9.74. The Balaban J connectivity index is 0.00000121. The zero-order valence-electron chi connectivity index (χ0n) is 6.90. The van der Waals surface area contributed by atoms with Gasteiger partial charge in [0, 0.05) is 6.07 Å². The average molecular weight is 191 g/mol. The molecule has 0 atom stereocenters. The van der Waals surface area contributed by atoms with Gasteiger partial charge in [0.05, 0.1) is 19.9 Å². The van der Waals surface area contributed by atoms with Crippen molar-refractivity contribution >= 4 is 18.1 Å². The molecule has 0 radical (unpaired) electrons. The van der Waals surface area contributed by atoms with E-state index in [1.807, 2.05) is 0 Å². The zero-order chi connectivity index (χ0) is 8.27. The highest BCUT2D eigenvalue weighted by molar-refractivity contribution is 5.85. The Bertz CT molecular complexity index is 255. The maximum Gasteiger partial charge on any atom is 0.240 e. The van der Waals surface area contributed by atoms with Gasteiger partial charge < -0.3 is 15.2 Å². The number of pyridine rings is 1. The summed E-state index contributed by atoms with van der Waals surface area (Å²) >= 11 is 0. The van der Waals surface area contributed by atoms with Crippen molar-refractivity contribution in [3.63, 3.8) is 0 Å². The van der Waals surface area contributed by atoms with Crippen molar-refractivity contribution in [2.45, 2.75) is 0 Å². The van der Waals surface area contributed by atoms with Gasteiger partial charge in [0.25, 0.3) is 0 Å². The Morgan fingerprint density at radius 2 is 1.92 bits per heavy atom. The summed E-state index contributed by atoms with van der Waals surface area (Å²) in [6.45, 7) is 0. The maximum absolute atomic E-state index is 5.51. The number of nitrogens with two attached hydrogens (primary N) is 1. The van der Waals surface area contributed by atoms with Gasteiger partial charge in [-0.05, 0) is 6.07 Å². The molecular weight excluding hydrogens is 180 g/mol. The van der Waals surface area contributed by atoms with Crippen LogP contribution in [0.15, 0.2) is 12.1 Å². The van der Waals surface area contributed by atoms with Crippen LogP contribution in [-0.2, 0) is 0 Å². The smallest absolute Gasteiger partial charge is 0.240 e. The van der Waals surface area contributed by atoms with E-state index in [2.05, 4.69) is 4.98 Å². The van der Waals surface area contributed by atoms with E-state index in [0.29, 0.717) is 17.4 Å². The van der Waals surface area contributed by atoms with E-state index >= 15 is 0 Å². The molecule has 5 heteroatoms. The summed E-state index contributed by atoms with van der Waals surface area (Å²) in [7, 11) is 3.05. The molecule has 1 heterocycles. The molecule has 0 saturated heterocycles. The van der Waals surface area contributed by atoms with E-state index in [9.17, 15) is 0 Å². The number of nitrogen functional groups attached to an aromatic ring is 1. The van der Waals surface area contributed by atoms with Crippen LogP contribution < -0.4 is 15.2 Å². The van der Waals surface area contributed by atoms with E-state index in [1.165, 1.54) is 14.2 Å². The number of aromatic nitrogens is 1. The highest BCUT2D eigenvalue weighted by atomic mass is 35.5. The summed E-state index contributed by atoms with van der Waals surface area (Å²) in [5.74, 6) is 0.889. The number of ether oxygens (including phenoxy) is 2. The Labute approximate surface area is 77.1 Å². The number of anilines is 1. The Kier molecular flexibility index (Phi) is 4.21. The number of rotatable bonds is 2. The molecular formula is C7H11ClN2O2. The van der Waals surface area contributed by atoms with Crippen LogP contribution in [0.3, 0.4) is 0 Å². The second-order valence-electron chi connectivity index (χ2n) is 1.95. The predicted molar refractivity (Wildman–Crippen MR) is 49.0 cm³/mol. The average Bonchev–Trinajstić information content (AvgIpc) is 2.05. The molecule has 0 unspecified atom stereocenters. The maximum atomic E-state index is 5.51. The predicted octanol–water partition coefficient (Wildman–Crippen LogP) is 1.10. The largest absolute Gasteiger partial charge is 0.481 e. The van der Waals surface area contributed by atoms with Crippen molar-refractivity contribution < 1.29 is 9.47 Å². The lowest BCUT2D eigenvalue weighted by atomic mass is 10.4. The van der Waals surface area contributed by atoms with Crippen molar-refractivity contribution in [1.29, 1.82) is 0 Å². The van der Waals surface area contributed by atoms with Crippen LogP contribution in [0.4, 0.5) is 5.69 Å². The molecule has 12 heavy (non-hydrogen) atoms. The Hall–Kier alpha value is -1.16. The first-order chi connectivity index (χ1) is 5.27. The van der Waals surface area contributed by atoms with Gasteiger partial charge in [-0.1, -0.05) is 0 Å². The first kappa shape index (κ1) is 10.8. The van der Waals surface area contributed by atoms with Crippen molar-refractivity contribution in [1.82, 2.24) is 4.98 Å². The van der Waals surface area contributed by atoms with Crippen molar-refractivity contribution in [3.05, 3.63) is 12.1 Å². The molecule has 0 bridgehead atoms. The molecule has 1 aromatic heterocycles. The van der Waals surface area contributed by atoms with Crippen LogP contribution in [0.25, 0.3) is 0 Å². The molecule has 0 aromatic carbocycles. The van der Waals surface area contributed by atoms with Gasteiger partial charge in [0.1, 0.15) is 0 Å². The minimum Gasteiger partial charge on any atom is -0.481 e. The number of methoxy groups -OCH3 is 2. The summed E-state index contributed by atoms with van der Waals surface area (Å²) in [4.78, 5) is 3.94. The molecule has 2 N–H and O–H groups in total. The summed E-state index contributed by atoms with van der Waals surface area (Å²) in [5, 5.41) is 0. The summed E-state index contributed by atoms with van der Waals surface area (Å²) in [6, 6.07) is 3.36. The van der Waals surface area contributed by atoms with Crippen LogP contribution in [0.2, 0.25) is 0 Å². The quantitative estimate of drug-likeness (QED) is 0.759. The van der Waals surface area contributed by atoms with Crippen molar-refractivity contribution in [2.75, 3.05) is 20.0 Å². The van der Waals surface area contributed by atoms with Crippen molar-refractivity contribution in [3.8, 4) is 11.8 Å². The third-order valence-electron chi connectivity index (χ3n) is 1.27. The van der Waals surface area contributed by atoms with E-state index < -0.39 is 0 Å². The van der Waals surface area contributed by atoms with Crippen LogP contribution >= 0.6 is 12.4 Å². The monoisotopic (exact) mass is 190 g/mol. The lowest BCUT2D eigenvalue weighted by Gasteiger charge is -2.04. The fourth-order valence-corrected chi connectivity index (χ4v) is 0.711. The van der Waals surface area contributed by atoms with E-state index in [4.69, 9.17) is 15.2 Å². The van der Waals surface area contributed by atoms with Crippen LogP contribution in [-0.4, -0.2) is 19.2 Å². The van der Waals surface area contributed by atoms with Gasteiger partial charge in [-0.15, -0.1) is 12.4 Å². The van der Waals surface area contributed by atoms with E-state index in [-0.39, 0.29) is 12.4 Å². The van der Waals surface area contributed by atoms with Gasteiger partial charge in [0.2, 0.25) is 11.8 Å². The fraction of sp³-hybridized carbons (Fsp3) is 0.286. The summed E-state index contributed by atoms with van der Waals surface area (Å²) in [6.07, 6.45) is 0. The molecule has 1 aromatic rings. The van der Waals surface area contributed by atoms with Crippen LogP contribution in [0.1, 0.15) is 0 Å². The molecule has 4 nitrogen and oxygen atoms in total. The third kappa shape index (κ3) is 2.17. The van der Waals surface area contributed by atoms with Gasteiger partial charge in [-0.3, -0.25) is 0 Å².